The first kappa shape index (κ1) is 14.3. The smallest absolute Gasteiger partial charge is 0.141 e. The number of hydrogen-bond donors (Lipinski definition) is 1. The summed E-state index contributed by atoms with van der Waals surface area (Å²) in [7, 11) is 0. The van der Waals surface area contributed by atoms with Gasteiger partial charge in [0, 0.05) is 31.2 Å². The Labute approximate surface area is 125 Å². The Kier molecular flexibility index (Phi) is 3.78. The first-order valence-corrected chi connectivity index (χ1v) is 7.76. The zero-order valence-electron chi connectivity index (χ0n) is 12.1. The second-order valence-corrected chi connectivity index (χ2v) is 7.17. The second-order valence-electron chi connectivity index (χ2n) is 6.77. The number of halogens is 2. The van der Waals surface area contributed by atoms with Gasteiger partial charge in [-0.3, -0.25) is 4.90 Å². The Morgan fingerprint density at radius 1 is 1.40 bits per heavy atom. The van der Waals surface area contributed by atoms with Gasteiger partial charge in [-0.25, -0.2) is 4.39 Å². The molecule has 4 heteroatoms. The molecule has 1 aliphatic carbocycles. The molecule has 110 valence electrons. The average Bonchev–Trinajstić information content (AvgIpc) is 3.20. The fourth-order valence-electron chi connectivity index (χ4n) is 2.99. The van der Waals surface area contributed by atoms with Crippen LogP contribution in [-0.2, 0) is 6.54 Å². The molecule has 1 saturated carbocycles. The van der Waals surface area contributed by atoms with E-state index in [4.69, 9.17) is 11.6 Å². The predicted molar refractivity (Wildman–Crippen MR) is 80.4 cm³/mol. The number of benzene rings is 1. The Bertz CT molecular complexity index is 499. The highest BCUT2D eigenvalue weighted by atomic mass is 35.5. The largest absolute Gasteiger partial charge is 0.311 e. The lowest BCUT2D eigenvalue weighted by atomic mass is 9.95. The first-order chi connectivity index (χ1) is 9.45. The van der Waals surface area contributed by atoms with Gasteiger partial charge < -0.3 is 5.32 Å². The molecule has 1 unspecified atom stereocenters. The fraction of sp³-hybridized carbons (Fsp3) is 0.625. The summed E-state index contributed by atoms with van der Waals surface area (Å²) in [5.41, 5.74) is 1.20. The van der Waals surface area contributed by atoms with E-state index in [1.807, 2.05) is 6.07 Å². The standard InChI is InChI=1S/C16H22ClFN2/c1-16(2)10-19-15(12-4-5-12)9-20(16)8-11-3-6-14(18)13(17)7-11/h3,6-7,12,15,19H,4-5,8-10H2,1-2H3. The summed E-state index contributed by atoms with van der Waals surface area (Å²) in [5.74, 6) is 0.510. The third-order valence-corrected chi connectivity index (χ3v) is 4.91. The molecule has 0 spiro atoms. The van der Waals surface area contributed by atoms with Crippen LogP contribution in [0.5, 0.6) is 0 Å². The molecule has 3 rings (SSSR count). The van der Waals surface area contributed by atoms with Gasteiger partial charge in [0.05, 0.1) is 5.02 Å². The van der Waals surface area contributed by atoms with Gasteiger partial charge in [0.25, 0.3) is 0 Å². The van der Waals surface area contributed by atoms with Crippen LogP contribution in [0.25, 0.3) is 0 Å². The van der Waals surface area contributed by atoms with Gasteiger partial charge in [-0.1, -0.05) is 17.7 Å². The lowest BCUT2D eigenvalue weighted by Gasteiger charge is -2.46. The molecule has 2 aliphatic rings. The van der Waals surface area contributed by atoms with Gasteiger partial charge in [-0.2, -0.15) is 0 Å². The molecule has 1 aliphatic heterocycles. The highest BCUT2D eigenvalue weighted by Gasteiger charge is 2.40. The van der Waals surface area contributed by atoms with Gasteiger partial charge in [-0.15, -0.1) is 0 Å². The van der Waals surface area contributed by atoms with Gasteiger partial charge in [-0.05, 0) is 50.3 Å². The normalized spacial score (nSPS) is 26.7. The molecule has 0 bridgehead atoms. The Balaban J connectivity index is 1.73. The average molecular weight is 297 g/mol. The van der Waals surface area contributed by atoms with Crippen molar-refractivity contribution >= 4 is 11.6 Å². The van der Waals surface area contributed by atoms with E-state index < -0.39 is 0 Å². The number of piperazine rings is 1. The summed E-state index contributed by atoms with van der Waals surface area (Å²) in [5, 5.41) is 3.90. The molecule has 2 fully saturated rings. The molecule has 1 saturated heterocycles. The van der Waals surface area contributed by atoms with E-state index >= 15 is 0 Å². The SMILES string of the molecule is CC1(C)CNC(C2CC2)CN1Cc1ccc(F)c(Cl)c1. The van der Waals surface area contributed by atoms with E-state index in [1.165, 1.54) is 18.9 Å². The van der Waals surface area contributed by atoms with E-state index in [1.54, 1.807) is 6.07 Å². The van der Waals surface area contributed by atoms with Crippen molar-refractivity contribution in [3.8, 4) is 0 Å². The summed E-state index contributed by atoms with van der Waals surface area (Å²) < 4.78 is 13.2. The van der Waals surface area contributed by atoms with Crippen LogP contribution in [0.1, 0.15) is 32.3 Å². The van der Waals surface area contributed by atoms with Crippen LogP contribution in [0.2, 0.25) is 5.02 Å². The summed E-state index contributed by atoms with van der Waals surface area (Å²) in [4.78, 5) is 2.50. The van der Waals surface area contributed by atoms with Crippen molar-refractivity contribution in [2.24, 2.45) is 5.92 Å². The second kappa shape index (κ2) is 5.28. The maximum absolute atomic E-state index is 13.2. The zero-order valence-corrected chi connectivity index (χ0v) is 12.9. The molecule has 0 amide bonds. The molecule has 2 nitrogen and oxygen atoms in total. The minimum Gasteiger partial charge on any atom is -0.311 e. The van der Waals surface area contributed by atoms with Crippen LogP contribution >= 0.6 is 11.6 Å². The third-order valence-electron chi connectivity index (χ3n) is 4.62. The molecular weight excluding hydrogens is 275 g/mol. The summed E-state index contributed by atoms with van der Waals surface area (Å²) in [6.45, 7) is 7.41. The molecule has 0 radical (unpaired) electrons. The predicted octanol–water partition coefficient (Wildman–Crippen LogP) is 3.44. The lowest BCUT2D eigenvalue weighted by molar-refractivity contribution is 0.0534. The molecule has 20 heavy (non-hydrogen) atoms. The van der Waals surface area contributed by atoms with Crippen LogP contribution in [0, 0.1) is 11.7 Å². The van der Waals surface area contributed by atoms with Crippen LogP contribution in [0.15, 0.2) is 18.2 Å². The van der Waals surface area contributed by atoms with Gasteiger partial charge in [0.15, 0.2) is 0 Å². The van der Waals surface area contributed by atoms with E-state index in [0.717, 1.165) is 31.1 Å². The first-order valence-electron chi connectivity index (χ1n) is 7.38. The summed E-state index contributed by atoms with van der Waals surface area (Å²) >= 11 is 5.89. The van der Waals surface area contributed by atoms with E-state index in [0.29, 0.717) is 6.04 Å². The van der Waals surface area contributed by atoms with Crippen molar-refractivity contribution < 1.29 is 4.39 Å². The summed E-state index contributed by atoms with van der Waals surface area (Å²) in [6.07, 6.45) is 2.71. The fourth-order valence-corrected chi connectivity index (χ4v) is 3.20. The van der Waals surface area contributed by atoms with Crippen molar-refractivity contribution in [2.45, 2.75) is 44.8 Å². The van der Waals surface area contributed by atoms with Crippen molar-refractivity contribution in [1.82, 2.24) is 10.2 Å². The molecular formula is C16H22ClFN2. The molecule has 1 aromatic carbocycles. The number of nitrogens with one attached hydrogen (secondary N) is 1. The van der Waals surface area contributed by atoms with Crippen LogP contribution in [0.4, 0.5) is 4.39 Å². The molecule has 1 aromatic rings. The van der Waals surface area contributed by atoms with E-state index in [-0.39, 0.29) is 16.4 Å². The van der Waals surface area contributed by atoms with Gasteiger partial charge in [0.2, 0.25) is 0 Å². The molecule has 1 atom stereocenters. The number of nitrogens with zero attached hydrogens (tertiary/aromatic N) is 1. The summed E-state index contributed by atoms with van der Waals surface area (Å²) in [6, 6.07) is 5.66. The van der Waals surface area contributed by atoms with E-state index in [2.05, 4.69) is 24.1 Å². The molecule has 0 aromatic heterocycles. The van der Waals surface area contributed by atoms with Gasteiger partial charge in [0.1, 0.15) is 5.82 Å². The van der Waals surface area contributed by atoms with Crippen LogP contribution < -0.4 is 5.32 Å². The lowest BCUT2D eigenvalue weighted by Crippen LogP contribution is -2.62. The molecule has 1 N–H and O–H groups in total. The number of hydrogen-bond acceptors (Lipinski definition) is 2. The van der Waals surface area contributed by atoms with Crippen molar-refractivity contribution in [3.05, 3.63) is 34.6 Å². The topological polar surface area (TPSA) is 15.3 Å². The highest BCUT2D eigenvalue weighted by Crippen LogP contribution is 2.36. The molecule has 1 heterocycles. The maximum atomic E-state index is 13.2. The van der Waals surface area contributed by atoms with Crippen molar-refractivity contribution in [2.75, 3.05) is 13.1 Å². The zero-order chi connectivity index (χ0) is 14.3. The van der Waals surface area contributed by atoms with Crippen molar-refractivity contribution in [3.63, 3.8) is 0 Å². The van der Waals surface area contributed by atoms with Crippen LogP contribution in [0.3, 0.4) is 0 Å². The minimum atomic E-state index is -0.342. The number of rotatable bonds is 3. The maximum Gasteiger partial charge on any atom is 0.141 e. The third kappa shape index (κ3) is 3.00. The van der Waals surface area contributed by atoms with E-state index in [9.17, 15) is 4.39 Å². The van der Waals surface area contributed by atoms with Crippen molar-refractivity contribution in [1.29, 1.82) is 0 Å². The Morgan fingerprint density at radius 3 is 2.80 bits per heavy atom. The quantitative estimate of drug-likeness (QED) is 0.919. The monoisotopic (exact) mass is 296 g/mol. The Hall–Kier alpha value is -0.640. The Morgan fingerprint density at radius 2 is 2.15 bits per heavy atom. The van der Waals surface area contributed by atoms with Crippen LogP contribution in [-0.4, -0.2) is 29.6 Å². The highest BCUT2D eigenvalue weighted by molar-refractivity contribution is 6.30. The minimum absolute atomic E-state index is 0.117. The van der Waals surface area contributed by atoms with Gasteiger partial charge >= 0.3 is 0 Å².